The van der Waals surface area contributed by atoms with E-state index in [0.29, 0.717) is 6.61 Å². The molecule has 3 N–H and O–H groups in total. The molecule has 0 saturated heterocycles. The van der Waals surface area contributed by atoms with Crippen LogP contribution < -0.4 is 11.3 Å². The summed E-state index contributed by atoms with van der Waals surface area (Å²) in [6.45, 7) is 0.416. The molecule has 0 heterocycles. The SMILES string of the molecule is NNC(=O)COCc1ccccc1. The molecule has 1 aromatic carbocycles. The molecular weight excluding hydrogens is 168 g/mol. The van der Waals surface area contributed by atoms with E-state index >= 15 is 0 Å². The van der Waals surface area contributed by atoms with Gasteiger partial charge in [0.15, 0.2) is 0 Å². The Bertz CT molecular complexity index is 262. The Morgan fingerprint density at radius 1 is 1.38 bits per heavy atom. The van der Waals surface area contributed by atoms with Crippen molar-refractivity contribution in [2.75, 3.05) is 6.61 Å². The first-order valence-corrected chi connectivity index (χ1v) is 3.94. The van der Waals surface area contributed by atoms with Gasteiger partial charge in [-0.15, -0.1) is 0 Å². The lowest BCUT2D eigenvalue weighted by Crippen LogP contribution is -2.33. The van der Waals surface area contributed by atoms with Gasteiger partial charge < -0.3 is 4.74 Å². The fraction of sp³-hybridized carbons (Fsp3) is 0.222. The van der Waals surface area contributed by atoms with Crippen LogP contribution in [0.5, 0.6) is 0 Å². The minimum atomic E-state index is -0.323. The smallest absolute Gasteiger partial charge is 0.259 e. The first-order chi connectivity index (χ1) is 6.33. The van der Waals surface area contributed by atoms with Crippen LogP contribution in [0.1, 0.15) is 5.56 Å². The minimum absolute atomic E-state index is 0.00854. The molecule has 0 saturated carbocycles. The van der Waals surface area contributed by atoms with Gasteiger partial charge in [0.25, 0.3) is 5.91 Å². The third-order valence-electron chi connectivity index (χ3n) is 1.51. The fourth-order valence-corrected chi connectivity index (χ4v) is 0.877. The van der Waals surface area contributed by atoms with E-state index < -0.39 is 0 Å². The third kappa shape index (κ3) is 3.68. The molecule has 13 heavy (non-hydrogen) atoms. The molecule has 1 aromatic rings. The Labute approximate surface area is 76.7 Å². The second-order valence-electron chi connectivity index (χ2n) is 2.55. The lowest BCUT2D eigenvalue weighted by molar-refractivity contribution is -0.126. The van der Waals surface area contributed by atoms with Crippen molar-refractivity contribution in [3.05, 3.63) is 35.9 Å². The lowest BCUT2D eigenvalue weighted by atomic mass is 10.2. The summed E-state index contributed by atoms with van der Waals surface area (Å²) >= 11 is 0. The summed E-state index contributed by atoms with van der Waals surface area (Å²) in [6, 6.07) is 9.63. The summed E-state index contributed by atoms with van der Waals surface area (Å²) in [4.78, 5) is 10.6. The Morgan fingerprint density at radius 2 is 2.08 bits per heavy atom. The van der Waals surface area contributed by atoms with Gasteiger partial charge in [-0.25, -0.2) is 5.84 Å². The van der Waals surface area contributed by atoms with Crippen LogP contribution in [-0.2, 0) is 16.1 Å². The number of nitrogens with two attached hydrogens (primary N) is 1. The molecule has 1 amide bonds. The predicted molar refractivity (Wildman–Crippen MR) is 48.4 cm³/mol. The van der Waals surface area contributed by atoms with Crippen LogP contribution in [0.3, 0.4) is 0 Å². The molecule has 0 bridgehead atoms. The highest BCUT2D eigenvalue weighted by atomic mass is 16.5. The largest absolute Gasteiger partial charge is 0.367 e. The Kier molecular flexibility index (Phi) is 3.95. The highest BCUT2D eigenvalue weighted by Crippen LogP contribution is 1.99. The Hall–Kier alpha value is -1.39. The van der Waals surface area contributed by atoms with E-state index in [1.807, 2.05) is 35.8 Å². The Balaban J connectivity index is 2.24. The summed E-state index contributed by atoms with van der Waals surface area (Å²) in [5.74, 6) is 4.55. The number of carbonyl (C=O) groups is 1. The number of benzene rings is 1. The zero-order chi connectivity index (χ0) is 9.52. The van der Waals surface area contributed by atoms with Gasteiger partial charge in [0, 0.05) is 0 Å². The topological polar surface area (TPSA) is 64.3 Å². The summed E-state index contributed by atoms with van der Waals surface area (Å²) in [7, 11) is 0. The van der Waals surface area contributed by atoms with E-state index in [-0.39, 0.29) is 12.5 Å². The summed E-state index contributed by atoms with van der Waals surface area (Å²) in [5.41, 5.74) is 3.02. The van der Waals surface area contributed by atoms with E-state index in [1.165, 1.54) is 0 Å². The molecule has 0 aliphatic rings. The molecule has 1 rings (SSSR count). The number of amides is 1. The summed E-state index contributed by atoms with van der Waals surface area (Å²) in [6.07, 6.45) is 0. The number of ether oxygens (including phenoxy) is 1. The standard InChI is InChI=1S/C9H12N2O2/c10-11-9(12)7-13-6-8-4-2-1-3-5-8/h1-5H,6-7,10H2,(H,11,12). The van der Waals surface area contributed by atoms with Crippen molar-refractivity contribution in [3.8, 4) is 0 Å². The van der Waals surface area contributed by atoms with Crippen LogP contribution in [-0.4, -0.2) is 12.5 Å². The van der Waals surface area contributed by atoms with Gasteiger partial charge in [-0.2, -0.15) is 0 Å². The number of hydrazine groups is 1. The van der Waals surface area contributed by atoms with Crippen LogP contribution in [0.2, 0.25) is 0 Å². The van der Waals surface area contributed by atoms with Gasteiger partial charge in [-0.1, -0.05) is 30.3 Å². The van der Waals surface area contributed by atoms with Crippen LogP contribution in [0, 0.1) is 0 Å². The highest BCUT2D eigenvalue weighted by molar-refractivity contribution is 5.76. The average molecular weight is 180 g/mol. The number of rotatable bonds is 4. The maximum atomic E-state index is 10.6. The molecule has 4 nitrogen and oxygen atoms in total. The molecule has 0 unspecified atom stereocenters. The second-order valence-corrected chi connectivity index (χ2v) is 2.55. The van der Waals surface area contributed by atoms with Crippen LogP contribution in [0.25, 0.3) is 0 Å². The number of carbonyl (C=O) groups excluding carboxylic acids is 1. The average Bonchev–Trinajstić information content (AvgIpc) is 2.19. The van der Waals surface area contributed by atoms with E-state index in [2.05, 4.69) is 0 Å². The van der Waals surface area contributed by atoms with Crippen molar-refractivity contribution in [2.24, 2.45) is 5.84 Å². The first kappa shape index (κ1) is 9.70. The van der Waals surface area contributed by atoms with Crippen molar-refractivity contribution in [2.45, 2.75) is 6.61 Å². The van der Waals surface area contributed by atoms with Crippen LogP contribution >= 0.6 is 0 Å². The van der Waals surface area contributed by atoms with E-state index in [0.717, 1.165) is 5.56 Å². The molecule has 0 aromatic heterocycles. The van der Waals surface area contributed by atoms with Gasteiger partial charge >= 0.3 is 0 Å². The van der Waals surface area contributed by atoms with Crippen molar-refractivity contribution >= 4 is 5.91 Å². The van der Waals surface area contributed by atoms with Crippen molar-refractivity contribution in [1.82, 2.24) is 5.43 Å². The monoisotopic (exact) mass is 180 g/mol. The van der Waals surface area contributed by atoms with E-state index in [4.69, 9.17) is 10.6 Å². The van der Waals surface area contributed by atoms with Crippen LogP contribution in [0.4, 0.5) is 0 Å². The maximum absolute atomic E-state index is 10.6. The summed E-state index contributed by atoms with van der Waals surface area (Å²) < 4.78 is 5.08. The lowest BCUT2D eigenvalue weighted by Gasteiger charge is -2.02. The van der Waals surface area contributed by atoms with Crippen molar-refractivity contribution in [1.29, 1.82) is 0 Å². The third-order valence-corrected chi connectivity index (χ3v) is 1.51. The van der Waals surface area contributed by atoms with Gasteiger partial charge in [0.05, 0.1) is 6.61 Å². The quantitative estimate of drug-likeness (QED) is 0.395. The molecule has 4 heteroatoms. The summed E-state index contributed by atoms with van der Waals surface area (Å²) in [5, 5.41) is 0. The molecule has 0 aliphatic carbocycles. The van der Waals surface area contributed by atoms with Gasteiger partial charge in [-0.3, -0.25) is 10.2 Å². The molecule has 0 aliphatic heterocycles. The maximum Gasteiger partial charge on any atom is 0.259 e. The zero-order valence-corrected chi connectivity index (χ0v) is 7.19. The fourth-order valence-electron chi connectivity index (χ4n) is 0.877. The molecule has 0 radical (unpaired) electrons. The highest BCUT2D eigenvalue weighted by Gasteiger charge is 1.97. The predicted octanol–water partition coefficient (Wildman–Crippen LogP) is 0.193. The normalized spacial score (nSPS) is 9.62. The van der Waals surface area contributed by atoms with E-state index in [9.17, 15) is 4.79 Å². The molecule has 0 fully saturated rings. The number of hydrogen-bond acceptors (Lipinski definition) is 3. The Morgan fingerprint density at radius 3 is 2.69 bits per heavy atom. The first-order valence-electron chi connectivity index (χ1n) is 3.94. The van der Waals surface area contributed by atoms with Gasteiger partial charge in [-0.05, 0) is 5.56 Å². The van der Waals surface area contributed by atoms with Gasteiger partial charge in [0.2, 0.25) is 0 Å². The van der Waals surface area contributed by atoms with Gasteiger partial charge in [0.1, 0.15) is 6.61 Å². The van der Waals surface area contributed by atoms with Crippen LogP contribution in [0.15, 0.2) is 30.3 Å². The molecular formula is C9H12N2O2. The van der Waals surface area contributed by atoms with E-state index in [1.54, 1.807) is 0 Å². The molecule has 70 valence electrons. The molecule has 0 atom stereocenters. The van der Waals surface area contributed by atoms with Crippen molar-refractivity contribution in [3.63, 3.8) is 0 Å². The molecule has 0 spiro atoms. The van der Waals surface area contributed by atoms with Crippen molar-refractivity contribution < 1.29 is 9.53 Å². The minimum Gasteiger partial charge on any atom is -0.367 e. The number of nitrogens with one attached hydrogen (secondary N) is 1. The number of hydrogen-bond donors (Lipinski definition) is 2. The second kappa shape index (κ2) is 5.29. The zero-order valence-electron chi connectivity index (χ0n) is 7.19.